The minimum Gasteiger partial charge on any atom is -0.347 e. The van der Waals surface area contributed by atoms with Crippen LogP contribution >= 0.6 is 0 Å². The summed E-state index contributed by atoms with van der Waals surface area (Å²) in [6.45, 7) is 2.30. The highest BCUT2D eigenvalue weighted by atomic mass is 15.1. The Kier molecular flexibility index (Phi) is 2.97. The maximum atomic E-state index is 4.26. The van der Waals surface area contributed by atoms with Crippen molar-refractivity contribution in [3.05, 3.63) is 54.4 Å². The van der Waals surface area contributed by atoms with Crippen LogP contribution in [-0.2, 0) is 0 Å². The summed E-state index contributed by atoms with van der Waals surface area (Å²) in [4.78, 5) is 8.51. The summed E-state index contributed by atoms with van der Waals surface area (Å²) < 4.78 is 0. The first-order chi connectivity index (χ1) is 8.84. The van der Waals surface area contributed by atoms with E-state index in [2.05, 4.69) is 52.5 Å². The van der Waals surface area contributed by atoms with Gasteiger partial charge in [-0.3, -0.25) is 0 Å². The molecule has 3 nitrogen and oxygen atoms in total. The smallest absolute Gasteiger partial charge is 0.223 e. The summed E-state index contributed by atoms with van der Waals surface area (Å²) >= 11 is 0. The minimum absolute atomic E-state index is 0.323. The number of hydrogen-bond acceptors (Lipinski definition) is 3. The first kappa shape index (κ1) is 11.2. The molecule has 2 aromatic rings. The molecule has 1 N–H and O–H groups in total. The van der Waals surface area contributed by atoms with E-state index in [0.29, 0.717) is 17.9 Å². The van der Waals surface area contributed by atoms with Crippen LogP contribution in [0.1, 0.15) is 24.9 Å². The summed E-state index contributed by atoms with van der Waals surface area (Å²) in [5, 5.41) is 3.47. The fraction of sp³-hybridized carbons (Fsp3) is 0.333. The topological polar surface area (TPSA) is 37.8 Å². The zero-order chi connectivity index (χ0) is 12.4. The molecule has 0 aliphatic heterocycles. The third-order valence-corrected chi connectivity index (χ3v) is 3.61. The lowest BCUT2D eigenvalue weighted by atomic mass is 10.0. The van der Waals surface area contributed by atoms with Crippen molar-refractivity contribution in [1.29, 1.82) is 0 Å². The number of anilines is 1. The second kappa shape index (κ2) is 4.77. The van der Waals surface area contributed by atoms with Gasteiger partial charge in [0.05, 0.1) is 6.04 Å². The molecule has 92 valence electrons. The highest BCUT2D eigenvalue weighted by Gasteiger charge is 2.40. The van der Waals surface area contributed by atoms with Gasteiger partial charge in [-0.1, -0.05) is 37.3 Å². The van der Waals surface area contributed by atoms with Crippen molar-refractivity contribution < 1.29 is 0 Å². The fourth-order valence-electron chi connectivity index (χ4n) is 2.43. The quantitative estimate of drug-likeness (QED) is 0.889. The van der Waals surface area contributed by atoms with E-state index in [4.69, 9.17) is 0 Å². The Morgan fingerprint density at radius 3 is 2.39 bits per heavy atom. The van der Waals surface area contributed by atoms with Crippen molar-refractivity contribution in [3.63, 3.8) is 0 Å². The Morgan fingerprint density at radius 1 is 1.11 bits per heavy atom. The summed E-state index contributed by atoms with van der Waals surface area (Å²) in [6.07, 6.45) is 4.82. The predicted octanol–water partition coefficient (Wildman–Crippen LogP) is 3.29. The average Bonchev–Trinajstić information content (AvgIpc) is 3.15. The minimum atomic E-state index is 0.323. The summed E-state index contributed by atoms with van der Waals surface area (Å²) in [5.41, 5.74) is 1.32. The molecule has 1 aliphatic carbocycles. The molecular weight excluding hydrogens is 222 g/mol. The first-order valence-electron chi connectivity index (χ1n) is 6.43. The van der Waals surface area contributed by atoms with E-state index in [9.17, 15) is 0 Å². The van der Waals surface area contributed by atoms with Gasteiger partial charge in [0.2, 0.25) is 5.95 Å². The van der Waals surface area contributed by atoms with E-state index in [1.54, 1.807) is 12.4 Å². The SMILES string of the molecule is CC1CC1C(Nc1ncccn1)c1ccccc1. The van der Waals surface area contributed by atoms with Crippen LogP contribution in [0.25, 0.3) is 0 Å². The second-order valence-corrected chi connectivity index (χ2v) is 4.98. The van der Waals surface area contributed by atoms with Crippen molar-refractivity contribution in [1.82, 2.24) is 9.97 Å². The van der Waals surface area contributed by atoms with Crippen LogP contribution in [0.15, 0.2) is 48.8 Å². The molecule has 1 fully saturated rings. The van der Waals surface area contributed by atoms with E-state index in [-0.39, 0.29) is 0 Å². The molecular formula is C15H17N3. The lowest BCUT2D eigenvalue weighted by Crippen LogP contribution is -2.15. The zero-order valence-electron chi connectivity index (χ0n) is 10.5. The second-order valence-electron chi connectivity index (χ2n) is 4.98. The van der Waals surface area contributed by atoms with Crippen LogP contribution < -0.4 is 5.32 Å². The number of nitrogens with one attached hydrogen (secondary N) is 1. The Morgan fingerprint density at radius 2 is 1.78 bits per heavy atom. The highest BCUT2D eigenvalue weighted by Crippen LogP contribution is 2.47. The molecule has 3 rings (SSSR count). The molecule has 0 saturated heterocycles. The Bertz CT molecular complexity index is 498. The fourth-order valence-corrected chi connectivity index (χ4v) is 2.43. The van der Waals surface area contributed by atoms with E-state index >= 15 is 0 Å². The van der Waals surface area contributed by atoms with Gasteiger partial charge in [-0.2, -0.15) is 0 Å². The monoisotopic (exact) mass is 239 g/mol. The lowest BCUT2D eigenvalue weighted by molar-refractivity contribution is 0.626. The highest BCUT2D eigenvalue weighted by molar-refractivity contribution is 5.33. The van der Waals surface area contributed by atoms with Gasteiger partial charge < -0.3 is 5.32 Å². The van der Waals surface area contributed by atoms with Crippen molar-refractivity contribution in [2.24, 2.45) is 11.8 Å². The maximum Gasteiger partial charge on any atom is 0.223 e. The Labute approximate surface area is 107 Å². The average molecular weight is 239 g/mol. The molecule has 3 unspecified atom stereocenters. The van der Waals surface area contributed by atoms with Crippen LogP contribution in [0.4, 0.5) is 5.95 Å². The molecule has 3 atom stereocenters. The Balaban J connectivity index is 1.83. The van der Waals surface area contributed by atoms with Crippen molar-refractivity contribution >= 4 is 5.95 Å². The van der Waals surface area contributed by atoms with Gasteiger partial charge in [0.1, 0.15) is 0 Å². The molecule has 0 spiro atoms. The van der Waals surface area contributed by atoms with Crippen molar-refractivity contribution in [2.45, 2.75) is 19.4 Å². The van der Waals surface area contributed by atoms with Gasteiger partial charge in [-0.05, 0) is 29.9 Å². The molecule has 0 bridgehead atoms. The van der Waals surface area contributed by atoms with Crippen LogP contribution in [-0.4, -0.2) is 9.97 Å². The standard InChI is InChI=1S/C15H17N3/c1-11-10-13(11)14(12-6-3-2-4-7-12)18-15-16-8-5-9-17-15/h2-9,11,13-14H,10H2,1H3,(H,16,17,18). The lowest BCUT2D eigenvalue weighted by Gasteiger charge is -2.19. The summed E-state index contributed by atoms with van der Waals surface area (Å²) in [5.74, 6) is 2.19. The van der Waals surface area contributed by atoms with Gasteiger partial charge in [0.15, 0.2) is 0 Å². The molecule has 1 heterocycles. The van der Waals surface area contributed by atoms with Crippen molar-refractivity contribution in [3.8, 4) is 0 Å². The van der Waals surface area contributed by atoms with Crippen LogP contribution in [0.5, 0.6) is 0 Å². The number of nitrogens with zero attached hydrogens (tertiary/aromatic N) is 2. The number of benzene rings is 1. The predicted molar refractivity (Wildman–Crippen MR) is 72.1 cm³/mol. The number of rotatable bonds is 4. The van der Waals surface area contributed by atoms with E-state index < -0.39 is 0 Å². The Hall–Kier alpha value is -1.90. The third kappa shape index (κ3) is 2.35. The first-order valence-corrected chi connectivity index (χ1v) is 6.43. The van der Waals surface area contributed by atoms with Crippen LogP contribution in [0, 0.1) is 11.8 Å². The number of aromatic nitrogens is 2. The van der Waals surface area contributed by atoms with Crippen molar-refractivity contribution in [2.75, 3.05) is 5.32 Å². The van der Waals surface area contributed by atoms with Gasteiger partial charge in [0, 0.05) is 12.4 Å². The summed E-state index contributed by atoms with van der Waals surface area (Å²) in [6, 6.07) is 12.7. The normalized spacial score (nSPS) is 23.4. The summed E-state index contributed by atoms with van der Waals surface area (Å²) in [7, 11) is 0. The van der Waals surface area contributed by atoms with E-state index in [1.165, 1.54) is 12.0 Å². The molecule has 1 aliphatic rings. The molecule has 3 heteroatoms. The molecule has 18 heavy (non-hydrogen) atoms. The molecule has 1 saturated carbocycles. The molecule has 0 radical (unpaired) electrons. The molecule has 0 amide bonds. The molecule has 1 aromatic carbocycles. The number of hydrogen-bond donors (Lipinski definition) is 1. The van der Waals surface area contributed by atoms with Gasteiger partial charge >= 0.3 is 0 Å². The van der Waals surface area contributed by atoms with Gasteiger partial charge in [0.25, 0.3) is 0 Å². The van der Waals surface area contributed by atoms with Gasteiger partial charge in [-0.25, -0.2) is 9.97 Å². The van der Waals surface area contributed by atoms with Crippen LogP contribution in [0.3, 0.4) is 0 Å². The zero-order valence-corrected chi connectivity index (χ0v) is 10.5. The van der Waals surface area contributed by atoms with Gasteiger partial charge in [-0.15, -0.1) is 0 Å². The van der Waals surface area contributed by atoms with E-state index in [1.807, 2.05) is 6.07 Å². The maximum absolute atomic E-state index is 4.26. The third-order valence-electron chi connectivity index (χ3n) is 3.61. The molecule has 1 aromatic heterocycles. The largest absolute Gasteiger partial charge is 0.347 e. The van der Waals surface area contributed by atoms with Crippen LogP contribution in [0.2, 0.25) is 0 Å². The van der Waals surface area contributed by atoms with E-state index in [0.717, 1.165) is 5.92 Å².